The molecule has 2 N–H and O–H groups in total. The van der Waals surface area contributed by atoms with Crippen LogP contribution in [0.25, 0.3) is 0 Å². The van der Waals surface area contributed by atoms with E-state index in [1.807, 2.05) is 4.90 Å². The maximum atomic E-state index is 12.2. The highest BCUT2D eigenvalue weighted by atomic mass is 16.2. The summed E-state index contributed by atoms with van der Waals surface area (Å²) in [5, 5.41) is 0. The van der Waals surface area contributed by atoms with Gasteiger partial charge in [-0.25, -0.2) is 0 Å². The van der Waals surface area contributed by atoms with Crippen LogP contribution in [0.15, 0.2) is 0 Å². The average molecular weight is 210 g/mol. The number of carbonyl (C=O) groups is 1. The van der Waals surface area contributed by atoms with E-state index in [-0.39, 0.29) is 12.0 Å². The molecule has 3 nitrogen and oxygen atoms in total. The van der Waals surface area contributed by atoms with E-state index in [2.05, 4.69) is 6.92 Å². The summed E-state index contributed by atoms with van der Waals surface area (Å²) < 4.78 is 0. The predicted octanol–water partition coefficient (Wildman–Crippen LogP) is 1.37. The highest BCUT2D eigenvalue weighted by molar-refractivity contribution is 5.79. The number of hydrogen-bond donors (Lipinski definition) is 1. The molecule has 1 heterocycles. The van der Waals surface area contributed by atoms with Crippen molar-refractivity contribution in [3.8, 4) is 0 Å². The zero-order chi connectivity index (χ0) is 10.8. The Balaban J connectivity index is 1.98. The topological polar surface area (TPSA) is 46.3 Å². The van der Waals surface area contributed by atoms with Crippen LogP contribution in [-0.4, -0.2) is 29.9 Å². The molecule has 3 heteroatoms. The maximum absolute atomic E-state index is 12.2. The SMILES string of the molecule is CC1C(N)CCCC1C(=O)N1CCCC1. The molecule has 2 rings (SSSR count). The van der Waals surface area contributed by atoms with Crippen molar-refractivity contribution in [1.82, 2.24) is 4.90 Å². The van der Waals surface area contributed by atoms with E-state index in [0.29, 0.717) is 11.8 Å². The Morgan fingerprint density at radius 1 is 1.20 bits per heavy atom. The number of nitrogens with two attached hydrogens (primary N) is 1. The normalized spacial score (nSPS) is 36.9. The summed E-state index contributed by atoms with van der Waals surface area (Å²) in [6, 6.07) is 0.232. The molecule has 0 aromatic carbocycles. The molecule has 2 aliphatic rings. The molecule has 86 valence electrons. The highest BCUT2D eigenvalue weighted by Gasteiger charge is 2.35. The van der Waals surface area contributed by atoms with Crippen molar-refractivity contribution in [3.63, 3.8) is 0 Å². The smallest absolute Gasteiger partial charge is 0.226 e. The summed E-state index contributed by atoms with van der Waals surface area (Å²) in [5.41, 5.74) is 6.03. The van der Waals surface area contributed by atoms with E-state index in [0.717, 1.165) is 32.4 Å². The average Bonchev–Trinajstić information content (AvgIpc) is 2.74. The standard InChI is InChI=1S/C12H22N2O/c1-9-10(5-4-6-11(9)13)12(15)14-7-2-3-8-14/h9-11H,2-8,13H2,1H3. The van der Waals surface area contributed by atoms with Gasteiger partial charge < -0.3 is 10.6 Å². The number of amides is 1. The minimum absolute atomic E-state index is 0.201. The van der Waals surface area contributed by atoms with Crippen LogP contribution in [0.2, 0.25) is 0 Å². The molecule has 1 saturated carbocycles. The quantitative estimate of drug-likeness (QED) is 0.710. The summed E-state index contributed by atoms with van der Waals surface area (Å²) >= 11 is 0. The fraction of sp³-hybridized carbons (Fsp3) is 0.917. The number of carbonyl (C=O) groups excluding carboxylic acids is 1. The Morgan fingerprint density at radius 3 is 2.53 bits per heavy atom. The van der Waals surface area contributed by atoms with Crippen molar-refractivity contribution in [1.29, 1.82) is 0 Å². The van der Waals surface area contributed by atoms with Gasteiger partial charge in [0.1, 0.15) is 0 Å². The minimum Gasteiger partial charge on any atom is -0.342 e. The molecule has 1 amide bonds. The van der Waals surface area contributed by atoms with Crippen LogP contribution in [0, 0.1) is 11.8 Å². The third-order valence-electron chi connectivity index (χ3n) is 4.10. The number of nitrogens with zero attached hydrogens (tertiary/aromatic N) is 1. The van der Waals surface area contributed by atoms with E-state index >= 15 is 0 Å². The summed E-state index contributed by atoms with van der Waals surface area (Å²) in [4.78, 5) is 14.3. The van der Waals surface area contributed by atoms with Gasteiger partial charge in [-0.2, -0.15) is 0 Å². The maximum Gasteiger partial charge on any atom is 0.226 e. The molecule has 0 aromatic heterocycles. The zero-order valence-electron chi connectivity index (χ0n) is 9.61. The van der Waals surface area contributed by atoms with Gasteiger partial charge in [-0.15, -0.1) is 0 Å². The fourth-order valence-electron chi connectivity index (χ4n) is 2.92. The molecule has 1 saturated heterocycles. The molecule has 2 fully saturated rings. The van der Waals surface area contributed by atoms with Crippen LogP contribution in [0.1, 0.15) is 39.0 Å². The summed E-state index contributed by atoms with van der Waals surface area (Å²) in [6.45, 7) is 4.08. The first-order valence-electron chi connectivity index (χ1n) is 6.24. The monoisotopic (exact) mass is 210 g/mol. The lowest BCUT2D eigenvalue weighted by Gasteiger charge is -2.35. The van der Waals surface area contributed by atoms with Gasteiger partial charge in [0.25, 0.3) is 0 Å². The fourth-order valence-corrected chi connectivity index (χ4v) is 2.92. The van der Waals surface area contributed by atoms with Crippen molar-refractivity contribution < 1.29 is 4.79 Å². The lowest BCUT2D eigenvalue weighted by atomic mass is 9.76. The Morgan fingerprint density at radius 2 is 1.87 bits per heavy atom. The molecule has 3 unspecified atom stereocenters. The van der Waals surface area contributed by atoms with Crippen LogP contribution in [-0.2, 0) is 4.79 Å². The highest BCUT2D eigenvalue weighted by Crippen LogP contribution is 2.31. The molecule has 3 atom stereocenters. The third-order valence-corrected chi connectivity index (χ3v) is 4.10. The van der Waals surface area contributed by atoms with Crippen LogP contribution < -0.4 is 5.73 Å². The molecule has 0 radical (unpaired) electrons. The van der Waals surface area contributed by atoms with Gasteiger partial charge in [-0.05, 0) is 31.6 Å². The second-order valence-corrected chi connectivity index (χ2v) is 5.09. The minimum atomic E-state index is 0.201. The van der Waals surface area contributed by atoms with E-state index in [1.165, 1.54) is 12.8 Å². The van der Waals surface area contributed by atoms with E-state index < -0.39 is 0 Å². The summed E-state index contributed by atoms with van der Waals surface area (Å²) in [5.74, 6) is 0.939. The molecular formula is C12H22N2O. The summed E-state index contributed by atoms with van der Waals surface area (Å²) in [6.07, 6.45) is 5.61. The molecule has 1 aliphatic carbocycles. The second-order valence-electron chi connectivity index (χ2n) is 5.09. The van der Waals surface area contributed by atoms with Crippen LogP contribution in [0.3, 0.4) is 0 Å². The van der Waals surface area contributed by atoms with Gasteiger partial charge in [0.2, 0.25) is 5.91 Å². The third kappa shape index (κ3) is 2.17. The molecule has 1 aliphatic heterocycles. The van der Waals surface area contributed by atoms with Crippen molar-refractivity contribution in [2.45, 2.75) is 45.1 Å². The van der Waals surface area contributed by atoms with Gasteiger partial charge in [0, 0.05) is 25.0 Å². The number of hydrogen-bond acceptors (Lipinski definition) is 2. The van der Waals surface area contributed by atoms with E-state index in [4.69, 9.17) is 5.73 Å². The van der Waals surface area contributed by atoms with Crippen LogP contribution >= 0.6 is 0 Å². The Kier molecular flexibility index (Phi) is 3.29. The Labute approximate surface area is 92.0 Å². The van der Waals surface area contributed by atoms with Gasteiger partial charge in [0.15, 0.2) is 0 Å². The van der Waals surface area contributed by atoms with Crippen molar-refractivity contribution in [3.05, 3.63) is 0 Å². The zero-order valence-corrected chi connectivity index (χ0v) is 9.61. The molecule has 0 aromatic rings. The first kappa shape index (κ1) is 10.9. The first-order valence-corrected chi connectivity index (χ1v) is 6.24. The largest absolute Gasteiger partial charge is 0.342 e. The molecule has 15 heavy (non-hydrogen) atoms. The number of rotatable bonds is 1. The van der Waals surface area contributed by atoms with Gasteiger partial charge in [-0.3, -0.25) is 4.79 Å². The van der Waals surface area contributed by atoms with Crippen LogP contribution in [0.5, 0.6) is 0 Å². The number of likely N-dealkylation sites (tertiary alicyclic amines) is 1. The van der Waals surface area contributed by atoms with Gasteiger partial charge >= 0.3 is 0 Å². The van der Waals surface area contributed by atoms with E-state index in [9.17, 15) is 4.79 Å². The lowest BCUT2D eigenvalue weighted by Crippen LogP contribution is -2.45. The first-order chi connectivity index (χ1) is 7.20. The van der Waals surface area contributed by atoms with E-state index in [1.54, 1.807) is 0 Å². The van der Waals surface area contributed by atoms with Crippen molar-refractivity contribution in [2.24, 2.45) is 17.6 Å². The van der Waals surface area contributed by atoms with Crippen LogP contribution in [0.4, 0.5) is 0 Å². The second kappa shape index (κ2) is 4.52. The summed E-state index contributed by atoms with van der Waals surface area (Å²) in [7, 11) is 0. The molecular weight excluding hydrogens is 188 g/mol. The molecule has 0 bridgehead atoms. The molecule has 0 spiro atoms. The Hall–Kier alpha value is -0.570. The van der Waals surface area contributed by atoms with Gasteiger partial charge in [0.05, 0.1) is 0 Å². The predicted molar refractivity (Wildman–Crippen MR) is 60.3 cm³/mol. The Bertz CT molecular complexity index is 236. The van der Waals surface area contributed by atoms with Crippen molar-refractivity contribution >= 4 is 5.91 Å². The van der Waals surface area contributed by atoms with Crippen molar-refractivity contribution in [2.75, 3.05) is 13.1 Å². The van der Waals surface area contributed by atoms with Gasteiger partial charge in [-0.1, -0.05) is 13.3 Å². The lowest BCUT2D eigenvalue weighted by molar-refractivity contribution is -0.137.